The zero-order chi connectivity index (χ0) is 13.2. The number of aromatic amines is 1. The first-order valence-electron chi connectivity index (χ1n) is 5.97. The van der Waals surface area contributed by atoms with E-state index in [2.05, 4.69) is 19.9 Å². The Balaban J connectivity index is 2.03. The normalized spacial score (nSPS) is 10.8. The maximum absolute atomic E-state index is 5.61. The Kier molecular flexibility index (Phi) is 2.75. The molecule has 3 aromatic heterocycles. The number of hydrogen-bond donors (Lipinski definition) is 2. The topological polar surface area (TPSA) is 89.7 Å². The minimum absolute atomic E-state index is 0.568. The van der Waals surface area contributed by atoms with Crippen LogP contribution in [0.4, 0.5) is 5.69 Å². The number of nitrogens with zero attached hydrogens (tertiary/aromatic N) is 3. The van der Waals surface area contributed by atoms with Gasteiger partial charge in [0.15, 0.2) is 11.5 Å². The average molecular weight is 255 g/mol. The summed E-state index contributed by atoms with van der Waals surface area (Å²) in [5.74, 6) is 1.23. The van der Waals surface area contributed by atoms with E-state index in [0.29, 0.717) is 29.6 Å². The van der Waals surface area contributed by atoms with E-state index in [0.717, 1.165) is 11.2 Å². The second-order valence-corrected chi connectivity index (χ2v) is 4.02. The maximum atomic E-state index is 5.61. The monoisotopic (exact) mass is 255 g/mol. The molecule has 3 heterocycles. The van der Waals surface area contributed by atoms with Gasteiger partial charge in [-0.1, -0.05) is 0 Å². The molecule has 3 aromatic rings. The first kappa shape index (κ1) is 11.5. The van der Waals surface area contributed by atoms with Crippen LogP contribution in [0.5, 0.6) is 5.88 Å². The van der Waals surface area contributed by atoms with Crippen LogP contribution in [-0.4, -0.2) is 26.5 Å². The van der Waals surface area contributed by atoms with Crippen LogP contribution in [0.1, 0.15) is 6.92 Å². The number of fused-ring (bicyclic) bond motifs is 1. The molecule has 3 rings (SSSR count). The van der Waals surface area contributed by atoms with Gasteiger partial charge >= 0.3 is 0 Å². The molecule has 96 valence electrons. The van der Waals surface area contributed by atoms with Gasteiger partial charge < -0.3 is 15.5 Å². The highest BCUT2D eigenvalue weighted by atomic mass is 16.5. The third-order valence-electron chi connectivity index (χ3n) is 2.64. The van der Waals surface area contributed by atoms with Crippen LogP contribution in [-0.2, 0) is 0 Å². The Hall–Kier alpha value is -2.63. The van der Waals surface area contributed by atoms with Crippen LogP contribution < -0.4 is 10.5 Å². The summed E-state index contributed by atoms with van der Waals surface area (Å²) in [6.07, 6.45) is 1.60. The van der Waals surface area contributed by atoms with Crippen molar-refractivity contribution in [1.29, 1.82) is 0 Å². The van der Waals surface area contributed by atoms with Gasteiger partial charge in [0.2, 0.25) is 5.88 Å². The predicted octanol–water partition coefficient (Wildman–Crippen LogP) is 2.00. The molecule has 6 heteroatoms. The molecule has 3 N–H and O–H groups in total. The Morgan fingerprint density at radius 1 is 1.21 bits per heavy atom. The summed E-state index contributed by atoms with van der Waals surface area (Å²) in [7, 11) is 0. The number of anilines is 1. The quantitative estimate of drug-likeness (QED) is 0.747. The van der Waals surface area contributed by atoms with Gasteiger partial charge in [0.05, 0.1) is 24.0 Å². The zero-order valence-corrected chi connectivity index (χ0v) is 10.4. The molecule has 0 aliphatic rings. The van der Waals surface area contributed by atoms with Crippen molar-refractivity contribution in [3.8, 4) is 17.4 Å². The van der Waals surface area contributed by atoms with Gasteiger partial charge in [0.1, 0.15) is 5.69 Å². The lowest BCUT2D eigenvalue weighted by atomic mass is 10.3. The molecule has 6 nitrogen and oxygen atoms in total. The van der Waals surface area contributed by atoms with Crippen LogP contribution in [0.2, 0.25) is 0 Å². The Labute approximate surface area is 109 Å². The van der Waals surface area contributed by atoms with Crippen molar-refractivity contribution in [1.82, 2.24) is 19.9 Å². The second-order valence-electron chi connectivity index (χ2n) is 4.02. The van der Waals surface area contributed by atoms with E-state index in [1.54, 1.807) is 12.3 Å². The number of H-pyrrole nitrogens is 1. The van der Waals surface area contributed by atoms with Gasteiger partial charge in [0.25, 0.3) is 0 Å². The summed E-state index contributed by atoms with van der Waals surface area (Å²) < 4.78 is 5.35. The van der Waals surface area contributed by atoms with Crippen molar-refractivity contribution < 1.29 is 4.74 Å². The van der Waals surface area contributed by atoms with Crippen LogP contribution in [0.15, 0.2) is 30.5 Å². The van der Waals surface area contributed by atoms with Crippen molar-refractivity contribution in [2.24, 2.45) is 0 Å². The van der Waals surface area contributed by atoms with Crippen LogP contribution in [0, 0.1) is 0 Å². The summed E-state index contributed by atoms with van der Waals surface area (Å²) in [6.45, 7) is 2.50. The van der Waals surface area contributed by atoms with E-state index in [9.17, 15) is 0 Å². The summed E-state index contributed by atoms with van der Waals surface area (Å²) in [5, 5.41) is 0. The van der Waals surface area contributed by atoms with Crippen molar-refractivity contribution >= 4 is 16.9 Å². The highest BCUT2D eigenvalue weighted by Gasteiger charge is 2.08. The Morgan fingerprint density at radius 3 is 2.84 bits per heavy atom. The summed E-state index contributed by atoms with van der Waals surface area (Å²) in [4.78, 5) is 16.1. The molecular weight excluding hydrogens is 242 g/mol. The third kappa shape index (κ3) is 2.20. The van der Waals surface area contributed by atoms with E-state index >= 15 is 0 Å². The highest BCUT2D eigenvalue weighted by Crippen LogP contribution is 2.20. The second kappa shape index (κ2) is 4.56. The van der Waals surface area contributed by atoms with Crippen LogP contribution in [0.25, 0.3) is 22.7 Å². The lowest BCUT2D eigenvalue weighted by molar-refractivity contribution is 0.328. The number of hydrogen-bond acceptors (Lipinski definition) is 5. The zero-order valence-electron chi connectivity index (χ0n) is 10.4. The molecule has 0 unspecified atom stereocenters. The summed E-state index contributed by atoms with van der Waals surface area (Å²) in [6, 6.07) is 7.30. The van der Waals surface area contributed by atoms with Crippen molar-refractivity contribution in [2.45, 2.75) is 6.92 Å². The van der Waals surface area contributed by atoms with E-state index in [1.165, 1.54) is 0 Å². The smallest absolute Gasteiger partial charge is 0.215 e. The number of aromatic nitrogens is 4. The molecule has 0 amide bonds. The average Bonchev–Trinajstić information content (AvgIpc) is 2.83. The van der Waals surface area contributed by atoms with E-state index in [4.69, 9.17) is 10.5 Å². The molecule has 0 aliphatic heterocycles. The Morgan fingerprint density at radius 2 is 2.11 bits per heavy atom. The van der Waals surface area contributed by atoms with Gasteiger partial charge in [-0.2, -0.15) is 4.98 Å². The van der Waals surface area contributed by atoms with E-state index in [-0.39, 0.29) is 0 Å². The number of imidazole rings is 1. The molecule has 0 aliphatic carbocycles. The molecule has 0 aromatic carbocycles. The lowest BCUT2D eigenvalue weighted by Crippen LogP contribution is -1.93. The maximum Gasteiger partial charge on any atom is 0.215 e. The molecule has 0 radical (unpaired) electrons. The largest absolute Gasteiger partial charge is 0.478 e. The number of pyridine rings is 2. The third-order valence-corrected chi connectivity index (χ3v) is 2.64. The van der Waals surface area contributed by atoms with Gasteiger partial charge in [-0.3, -0.25) is 4.98 Å². The molecule has 0 atom stereocenters. The molecule has 19 heavy (non-hydrogen) atoms. The van der Waals surface area contributed by atoms with Gasteiger partial charge in [-0.05, 0) is 25.1 Å². The van der Waals surface area contributed by atoms with Crippen LogP contribution in [0.3, 0.4) is 0 Å². The number of ether oxygens (including phenoxy) is 1. The van der Waals surface area contributed by atoms with Crippen LogP contribution >= 0.6 is 0 Å². The number of nitrogen functional groups attached to an aromatic ring is 1. The molecule has 0 spiro atoms. The number of rotatable bonds is 3. The minimum atomic E-state index is 0.568. The summed E-state index contributed by atoms with van der Waals surface area (Å²) >= 11 is 0. The Bertz CT molecular complexity index is 705. The number of nitrogens with two attached hydrogens (primary N) is 1. The lowest BCUT2D eigenvalue weighted by Gasteiger charge is -1.99. The van der Waals surface area contributed by atoms with Crippen molar-refractivity contribution in [3.05, 3.63) is 30.5 Å². The van der Waals surface area contributed by atoms with E-state index in [1.807, 2.05) is 25.1 Å². The molecule has 0 saturated carbocycles. The fraction of sp³-hybridized carbons (Fsp3) is 0.154. The predicted molar refractivity (Wildman–Crippen MR) is 72.7 cm³/mol. The van der Waals surface area contributed by atoms with Gasteiger partial charge in [0, 0.05) is 6.07 Å². The molecule has 0 saturated heterocycles. The molecule has 0 bridgehead atoms. The SMILES string of the molecule is CCOc1ccc2[nH]c(-c3ccc(N)cn3)nc2n1. The molecular formula is C13H13N5O. The highest BCUT2D eigenvalue weighted by molar-refractivity contribution is 5.75. The van der Waals surface area contributed by atoms with Gasteiger partial charge in [-0.25, -0.2) is 4.98 Å². The summed E-state index contributed by atoms with van der Waals surface area (Å²) in [5.41, 5.74) is 8.42. The first-order valence-corrected chi connectivity index (χ1v) is 5.97. The molecule has 0 fully saturated rings. The fourth-order valence-electron chi connectivity index (χ4n) is 1.77. The fourth-order valence-corrected chi connectivity index (χ4v) is 1.77. The van der Waals surface area contributed by atoms with Gasteiger partial charge in [-0.15, -0.1) is 0 Å². The standard InChI is InChI=1S/C13H13N5O/c1-2-19-11-6-5-10-13(17-11)18-12(16-10)9-4-3-8(14)7-15-9/h3-7H,2,14H2,1H3,(H,16,17,18). The van der Waals surface area contributed by atoms with Crippen molar-refractivity contribution in [3.63, 3.8) is 0 Å². The van der Waals surface area contributed by atoms with Crippen molar-refractivity contribution in [2.75, 3.05) is 12.3 Å². The first-order chi connectivity index (χ1) is 9.26. The minimum Gasteiger partial charge on any atom is -0.478 e. The number of nitrogens with one attached hydrogen (secondary N) is 1. The van der Waals surface area contributed by atoms with E-state index < -0.39 is 0 Å².